The summed E-state index contributed by atoms with van der Waals surface area (Å²) in [6.07, 6.45) is 0. The summed E-state index contributed by atoms with van der Waals surface area (Å²) in [7, 11) is -1.68. The number of nitro benzene ring substituents is 1. The molecule has 80 valence electrons. The quantitative estimate of drug-likeness (QED) is 0.428. The monoisotopic (exact) mass is 209 g/mol. The molecule has 0 heterocycles. The molecular weight excluding hydrogens is 197 g/mol. The van der Waals surface area contributed by atoms with E-state index in [2.05, 4.69) is 0 Å². The second-order valence-electron chi connectivity index (χ2n) is 3.60. The molecule has 0 unspecified atom stereocenters. The molecule has 0 radical (unpaired) electrons. The Balaban J connectivity index is 3.27. The zero-order chi connectivity index (χ0) is 11.6. The molecular formula is C9H12BNO4. The molecule has 1 rings (SSSR count). The molecule has 15 heavy (non-hydrogen) atoms. The van der Waals surface area contributed by atoms with E-state index in [1.165, 1.54) is 12.1 Å². The van der Waals surface area contributed by atoms with Crippen molar-refractivity contribution in [2.24, 2.45) is 0 Å². The molecule has 0 bridgehead atoms. The van der Waals surface area contributed by atoms with Crippen LogP contribution in [0.4, 0.5) is 5.69 Å². The SMILES string of the molecule is CC(C)c1ccc([N+](=O)[O-])cc1B(O)O. The first-order valence-electron chi connectivity index (χ1n) is 4.58. The van der Waals surface area contributed by atoms with Crippen molar-refractivity contribution in [1.29, 1.82) is 0 Å². The first kappa shape index (κ1) is 11.7. The summed E-state index contributed by atoms with van der Waals surface area (Å²) in [5.74, 6) is 0.0857. The van der Waals surface area contributed by atoms with Gasteiger partial charge in [-0.25, -0.2) is 0 Å². The van der Waals surface area contributed by atoms with Gasteiger partial charge in [0.05, 0.1) is 4.92 Å². The zero-order valence-corrected chi connectivity index (χ0v) is 8.54. The van der Waals surface area contributed by atoms with Crippen LogP contribution >= 0.6 is 0 Å². The molecule has 0 atom stereocenters. The first-order chi connectivity index (χ1) is 6.93. The maximum atomic E-state index is 10.5. The minimum Gasteiger partial charge on any atom is -0.423 e. The molecule has 0 saturated heterocycles. The van der Waals surface area contributed by atoms with Crippen LogP contribution in [0.2, 0.25) is 0 Å². The van der Waals surface area contributed by atoms with E-state index in [4.69, 9.17) is 10.0 Å². The number of benzene rings is 1. The molecule has 2 N–H and O–H groups in total. The van der Waals surface area contributed by atoms with Gasteiger partial charge in [-0.15, -0.1) is 0 Å². The van der Waals surface area contributed by atoms with E-state index in [1.54, 1.807) is 6.07 Å². The van der Waals surface area contributed by atoms with Crippen molar-refractivity contribution in [3.63, 3.8) is 0 Å². The van der Waals surface area contributed by atoms with Crippen LogP contribution in [0, 0.1) is 10.1 Å². The lowest BCUT2D eigenvalue weighted by Gasteiger charge is -2.11. The maximum absolute atomic E-state index is 10.5. The average Bonchev–Trinajstić information content (AvgIpc) is 2.16. The highest BCUT2D eigenvalue weighted by Crippen LogP contribution is 2.17. The van der Waals surface area contributed by atoms with Gasteiger partial charge in [-0.05, 0) is 16.9 Å². The predicted molar refractivity (Wildman–Crippen MR) is 57.0 cm³/mol. The molecule has 1 aromatic carbocycles. The van der Waals surface area contributed by atoms with Crippen molar-refractivity contribution < 1.29 is 15.0 Å². The lowest BCUT2D eigenvalue weighted by molar-refractivity contribution is -0.384. The minimum absolute atomic E-state index is 0.0857. The van der Waals surface area contributed by atoms with Crippen molar-refractivity contribution in [1.82, 2.24) is 0 Å². The Morgan fingerprint density at radius 1 is 1.40 bits per heavy atom. The van der Waals surface area contributed by atoms with Gasteiger partial charge >= 0.3 is 7.12 Å². The second-order valence-corrected chi connectivity index (χ2v) is 3.60. The maximum Gasteiger partial charge on any atom is 0.488 e. The fourth-order valence-corrected chi connectivity index (χ4v) is 1.43. The number of non-ortho nitro benzene ring substituents is 1. The molecule has 0 fully saturated rings. The zero-order valence-electron chi connectivity index (χ0n) is 8.54. The normalized spacial score (nSPS) is 10.5. The van der Waals surface area contributed by atoms with Gasteiger partial charge in [-0.2, -0.15) is 0 Å². The Morgan fingerprint density at radius 2 is 2.00 bits per heavy atom. The molecule has 0 amide bonds. The van der Waals surface area contributed by atoms with Crippen LogP contribution in [0.5, 0.6) is 0 Å². The summed E-state index contributed by atoms with van der Waals surface area (Å²) in [6.45, 7) is 3.76. The fraction of sp³-hybridized carbons (Fsp3) is 0.333. The van der Waals surface area contributed by atoms with Gasteiger partial charge in [0.25, 0.3) is 5.69 Å². The molecule has 0 saturated carbocycles. The average molecular weight is 209 g/mol. The van der Waals surface area contributed by atoms with E-state index in [0.29, 0.717) is 5.56 Å². The third kappa shape index (κ3) is 2.54. The van der Waals surface area contributed by atoms with Gasteiger partial charge in [-0.1, -0.05) is 19.9 Å². The van der Waals surface area contributed by atoms with Crippen molar-refractivity contribution in [2.45, 2.75) is 19.8 Å². The lowest BCUT2D eigenvalue weighted by Crippen LogP contribution is -2.33. The van der Waals surface area contributed by atoms with Crippen molar-refractivity contribution in [3.05, 3.63) is 33.9 Å². The Kier molecular flexibility index (Phi) is 3.44. The summed E-state index contributed by atoms with van der Waals surface area (Å²) >= 11 is 0. The van der Waals surface area contributed by atoms with Crippen LogP contribution in [0.15, 0.2) is 18.2 Å². The second kappa shape index (κ2) is 4.42. The van der Waals surface area contributed by atoms with Crippen molar-refractivity contribution in [3.8, 4) is 0 Å². The van der Waals surface area contributed by atoms with E-state index in [-0.39, 0.29) is 17.1 Å². The fourth-order valence-electron chi connectivity index (χ4n) is 1.43. The molecule has 6 heteroatoms. The number of hydrogen-bond donors (Lipinski definition) is 2. The Bertz CT molecular complexity index is 378. The largest absolute Gasteiger partial charge is 0.488 e. The third-order valence-corrected chi connectivity index (χ3v) is 2.18. The van der Waals surface area contributed by atoms with Crippen LogP contribution in [0.3, 0.4) is 0 Å². The third-order valence-electron chi connectivity index (χ3n) is 2.18. The molecule has 0 aliphatic heterocycles. The summed E-state index contributed by atoms with van der Waals surface area (Å²) in [5, 5.41) is 28.7. The molecule has 0 aliphatic carbocycles. The molecule has 0 spiro atoms. The van der Waals surface area contributed by atoms with Gasteiger partial charge in [0, 0.05) is 12.1 Å². The van der Waals surface area contributed by atoms with E-state index >= 15 is 0 Å². The topological polar surface area (TPSA) is 83.6 Å². The summed E-state index contributed by atoms with van der Waals surface area (Å²) < 4.78 is 0. The smallest absolute Gasteiger partial charge is 0.423 e. The number of nitro groups is 1. The number of rotatable bonds is 3. The highest BCUT2D eigenvalue weighted by molar-refractivity contribution is 6.59. The summed E-state index contributed by atoms with van der Waals surface area (Å²) in [5.41, 5.74) is 0.761. The number of hydrogen-bond acceptors (Lipinski definition) is 4. The van der Waals surface area contributed by atoms with E-state index in [1.807, 2.05) is 13.8 Å². The van der Waals surface area contributed by atoms with Crippen molar-refractivity contribution in [2.75, 3.05) is 0 Å². The van der Waals surface area contributed by atoms with Crippen LogP contribution < -0.4 is 5.46 Å². The lowest BCUT2D eigenvalue weighted by atomic mass is 9.74. The Morgan fingerprint density at radius 3 is 2.40 bits per heavy atom. The van der Waals surface area contributed by atoms with Crippen LogP contribution in [-0.2, 0) is 0 Å². The van der Waals surface area contributed by atoms with E-state index in [9.17, 15) is 10.1 Å². The molecule has 0 aromatic heterocycles. The van der Waals surface area contributed by atoms with Gasteiger partial charge in [-0.3, -0.25) is 10.1 Å². The highest BCUT2D eigenvalue weighted by atomic mass is 16.6. The first-order valence-corrected chi connectivity index (χ1v) is 4.58. The van der Waals surface area contributed by atoms with E-state index in [0.717, 1.165) is 0 Å². The molecule has 5 nitrogen and oxygen atoms in total. The van der Waals surface area contributed by atoms with Gasteiger partial charge in [0.1, 0.15) is 0 Å². The van der Waals surface area contributed by atoms with Gasteiger partial charge < -0.3 is 10.0 Å². The standard InChI is InChI=1S/C9H12BNO4/c1-6(2)8-4-3-7(11(14)15)5-9(8)10(12)13/h3-6,12-13H,1-2H3. The van der Waals surface area contributed by atoms with Crippen molar-refractivity contribution >= 4 is 18.3 Å². The van der Waals surface area contributed by atoms with Crippen LogP contribution in [0.25, 0.3) is 0 Å². The molecule has 1 aromatic rings. The van der Waals surface area contributed by atoms with Gasteiger partial charge in [0.15, 0.2) is 0 Å². The van der Waals surface area contributed by atoms with Crippen LogP contribution in [-0.4, -0.2) is 22.1 Å². The minimum atomic E-state index is -1.68. The van der Waals surface area contributed by atoms with E-state index < -0.39 is 12.0 Å². The summed E-state index contributed by atoms with van der Waals surface area (Å²) in [4.78, 5) is 9.94. The highest BCUT2D eigenvalue weighted by Gasteiger charge is 2.21. The molecule has 0 aliphatic rings. The van der Waals surface area contributed by atoms with Crippen LogP contribution in [0.1, 0.15) is 25.3 Å². The Hall–Kier alpha value is -1.40. The number of nitrogens with zero attached hydrogens (tertiary/aromatic N) is 1. The predicted octanol–water partition coefficient (Wildman–Crippen LogP) is 0.398. The van der Waals surface area contributed by atoms with Gasteiger partial charge in [0.2, 0.25) is 0 Å². The summed E-state index contributed by atoms with van der Waals surface area (Å²) in [6, 6.07) is 4.11. The Labute approximate surface area is 87.7 Å².